The number of nitrogens with one attached hydrogen (secondary N) is 1. The second-order valence-electron chi connectivity index (χ2n) is 7.62. The summed E-state index contributed by atoms with van der Waals surface area (Å²) in [5.41, 5.74) is 3.59. The zero-order valence-electron chi connectivity index (χ0n) is 17.4. The highest BCUT2D eigenvalue weighted by atomic mass is 32.1. The van der Waals surface area contributed by atoms with Gasteiger partial charge in [0, 0.05) is 16.5 Å². The topological polar surface area (TPSA) is 107 Å². The molecule has 2 heterocycles. The van der Waals surface area contributed by atoms with Crippen LogP contribution in [0, 0.1) is 10.1 Å². The van der Waals surface area contributed by atoms with Crippen molar-refractivity contribution >= 4 is 27.2 Å². The lowest BCUT2D eigenvalue weighted by molar-refractivity contribution is -0.385. The molecule has 2 aromatic heterocycles. The van der Waals surface area contributed by atoms with E-state index < -0.39 is 4.92 Å². The van der Waals surface area contributed by atoms with E-state index in [4.69, 9.17) is 14.5 Å². The number of ether oxygens (including phenoxy) is 1. The van der Waals surface area contributed by atoms with Gasteiger partial charge >= 0.3 is 5.69 Å². The molecule has 4 rings (SSSR count). The summed E-state index contributed by atoms with van der Waals surface area (Å²) in [6, 6.07) is 7.00. The first kappa shape index (κ1) is 21.8. The number of hydrogen-bond acceptors (Lipinski definition) is 7. The maximum atomic E-state index is 11.7. The van der Waals surface area contributed by atoms with Gasteiger partial charge in [-0.25, -0.2) is 9.78 Å². The van der Waals surface area contributed by atoms with E-state index in [0.29, 0.717) is 18.1 Å². The summed E-state index contributed by atoms with van der Waals surface area (Å²) in [7, 11) is 1.49. The van der Waals surface area contributed by atoms with Gasteiger partial charge in [0.1, 0.15) is 13.2 Å². The number of H-pyrrole nitrogens is 1. The third-order valence-electron chi connectivity index (χ3n) is 5.69. The molecule has 0 aliphatic heterocycles. The zero-order valence-corrected chi connectivity index (χ0v) is 18.2. The first-order valence-electron chi connectivity index (χ1n) is 10.4. The minimum absolute atomic E-state index is 0.00973. The van der Waals surface area contributed by atoms with Gasteiger partial charge < -0.3 is 14.8 Å². The number of aliphatic hydroxyl groups is 1. The number of rotatable bonds is 9. The first-order valence-corrected chi connectivity index (χ1v) is 11.3. The maximum Gasteiger partial charge on any atom is 0.311 e. The minimum atomic E-state index is -0.442. The van der Waals surface area contributed by atoms with Gasteiger partial charge in [-0.3, -0.25) is 10.1 Å². The molecule has 166 valence electrons. The molecule has 0 saturated heterocycles. The molecule has 0 unspecified atom stereocenters. The Hall–Kier alpha value is -2.46. The van der Waals surface area contributed by atoms with Crippen molar-refractivity contribution in [3.8, 4) is 17.0 Å². The van der Waals surface area contributed by atoms with E-state index in [1.54, 1.807) is 17.4 Å². The number of thiophene rings is 1. The number of nitro benzene ring substituents is 1. The number of aromatic amines is 1. The van der Waals surface area contributed by atoms with Crippen LogP contribution in [0.15, 0.2) is 24.3 Å². The smallest absolute Gasteiger partial charge is 0.311 e. The van der Waals surface area contributed by atoms with E-state index in [2.05, 4.69) is 4.98 Å². The van der Waals surface area contributed by atoms with E-state index in [1.807, 2.05) is 12.1 Å². The zero-order chi connectivity index (χ0) is 21.8. The number of nitrogens with zero attached hydrogens (tertiary/aromatic N) is 1. The average Bonchev–Trinajstić information content (AvgIpc) is 3.33. The number of aromatic nitrogens is 1. The predicted molar refractivity (Wildman–Crippen MR) is 118 cm³/mol. The summed E-state index contributed by atoms with van der Waals surface area (Å²) in [5.74, 6) is 0.563. The van der Waals surface area contributed by atoms with Gasteiger partial charge in [-0.15, -0.1) is 11.3 Å². The number of nitro groups is 1. The Bertz CT molecular complexity index is 1050. The van der Waals surface area contributed by atoms with E-state index >= 15 is 0 Å². The fourth-order valence-corrected chi connectivity index (χ4v) is 5.54. The molecule has 0 amide bonds. The lowest BCUT2D eigenvalue weighted by Gasteiger charge is -2.23. The molecule has 3 aromatic rings. The molecule has 1 saturated carbocycles. The number of para-hydroxylation sites is 1. The van der Waals surface area contributed by atoms with Crippen LogP contribution >= 0.6 is 11.3 Å². The van der Waals surface area contributed by atoms with Gasteiger partial charge in [0.2, 0.25) is 5.75 Å². The minimum Gasteiger partial charge on any atom is -0.484 e. The molecule has 9 heteroatoms. The predicted octanol–water partition coefficient (Wildman–Crippen LogP) is 5.30. The van der Waals surface area contributed by atoms with Gasteiger partial charge in [-0.05, 0) is 36.5 Å². The van der Waals surface area contributed by atoms with E-state index in [1.165, 1.54) is 38.0 Å². The molecule has 8 nitrogen and oxygen atoms in total. The number of aliphatic hydroxyl groups excluding tert-OH is 1. The Morgan fingerprint density at radius 1 is 1.29 bits per heavy atom. The number of fused-ring (bicyclic) bond motifs is 1. The monoisotopic (exact) mass is 446 g/mol. The number of benzene rings is 1. The highest BCUT2D eigenvalue weighted by Gasteiger charge is 2.29. The molecule has 0 spiro atoms. The van der Waals surface area contributed by atoms with Gasteiger partial charge in [0.15, 0.2) is 0 Å². The van der Waals surface area contributed by atoms with Crippen molar-refractivity contribution in [3.63, 3.8) is 0 Å². The fraction of sp³-hybridized carbons (Fsp3) is 0.455. The van der Waals surface area contributed by atoms with E-state index in [9.17, 15) is 15.2 Å². The van der Waals surface area contributed by atoms with Crippen LogP contribution in [0.25, 0.3) is 21.5 Å². The largest absolute Gasteiger partial charge is 0.484 e. The lowest BCUT2D eigenvalue weighted by Crippen LogP contribution is -2.07. The third-order valence-corrected chi connectivity index (χ3v) is 6.83. The van der Waals surface area contributed by atoms with E-state index in [-0.39, 0.29) is 24.7 Å². The Morgan fingerprint density at radius 2 is 2.10 bits per heavy atom. The third kappa shape index (κ3) is 4.45. The van der Waals surface area contributed by atoms with Crippen LogP contribution in [-0.2, 0) is 16.4 Å². The molecule has 2 N–H and O–H groups in total. The standard InChI is InChI=1S/C22H26N2O6S/c1-28-30-13-15-12-17-22(31-15)19(14-6-3-2-4-7-14)20(23-17)16-8-5-9-18(24(26)27)21(16)29-11-10-25/h5,8-9,12,14,23,25H,2-4,6-7,10-11,13H2,1H3. The van der Waals surface area contributed by atoms with Crippen molar-refractivity contribution in [1.29, 1.82) is 0 Å². The second kappa shape index (κ2) is 9.78. The van der Waals surface area contributed by atoms with Crippen LogP contribution < -0.4 is 4.74 Å². The average molecular weight is 447 g/mol. The van der Waals surface area contributed by atoms with E-state index in [0.717, 1.165) is 33.6 Å². The Labute approximate surface area is 183 Å². The summed E-state index contributed by atoms with van der Waals surface area (Å²) in [6.07, 6.45) is 5.75. The summed E-state index contributed by atoms with van der Waals surface area (Å²) in [5, 5.41) is 20.9. The second-order valence-corrected chi connectivity index (χ2v) is 8.75. The molecule has 0 bridgehead atoms. The number of hydrogen-bond donors (Lipinski definition) is 2. The summed E-state index contributed by atoms with van der Waals surface area (Å²) < 4.78 is 6.83. The molecule has 1 fully saturated rings. The fourth-order valence-electron chi connectivity index (χ4n) is 4.40. The van der Waals surface area contributed by atoms with Crippen molar-refractivity contribution < 1.29 is 24.5 Å². The van der Waals surface area contributed by atoms with Crippen molar-refractivity contribution in [2.24, 2.45) is 0 Å². The van der Waals surface area contributed by atoms with Crippen molar-refractivity contribution in [1.82, 2.24) is 4.98 Å². The van der Waals surface area contributed by atoms with Crippen molar-refractivity contribution in [3.05, 3.63) is 44.8 Å². The molecule has 0 atom stereocenters. The normalized spacial score (nSPS) is 14.9. The van der Waals surface area contributed by atoms with Crippen LogP contribution in [0.3, 0.4) is 0 Å². The summed E-state index contributed by atoms with van der Waals surface area (Å²) >= 11 is 1.66. The highest BCUT2D eigenvalue weighted by Crippen LogP contribution is 2.48. The molecule has 31 heavy (non-hydrogen) atoms. The van der Waals surface area contributed by atoms with Gasteiger partial charge in [-0.1, -0.05) is 25.3 Å². The molecular weight excluding hydrogens is 420 g/mol. The maximum absolute atomic E-state index is 11.7. The quantitative estimate of drug-likeness (QED) is 0.262. The van der Waals surface area contributed by atoms with Crippen LogP contribution in [0.4, 0.5) is 5.69 Å². The molecule has 1 aromatic carbocycles. The summed E-state index contributed by atoms with van der Waals surface area (Å²) in [4.78, 5) is 25.6. The van der Waals surface area contributed by atoms with Gasteiger partial charge in [-0.2, -0.15) is 0 Å². The lowest BCUT2D eigenvalue weighted by atomic mass is 9.83. The van der Waals surface area contributed by atoms with Gasteiger partial charge in [0.25, 0.3) is 0 Å². The molecule has 1 aliphatic rings. The van der Waals surface area contributed by atoms with Crippen LogP contribution in [0.5, 0.6) is 5.75 Å². The Kier molecular flexibility index (Phi) is 6.86. The Morgan fingerprint density at radius 3 is 2.81 bits per heavy atom. The van der Waals surface area contributed by atoms with Crippen LogP contribution in [0.2, 0.25) is 0 Å². The van der Waals surface area contributed by atoms with Crippen molar-refractivity contribution in [2.45, 2.75) is 44.6 Å². The SMILES string of the molecule is COOCc1cc2[nH]c(-c3cccc([N+](=O)[O-])c3OCCO)c(C3CCCCC3)c2s1. The first-order chi connectivity index (χ1) is 15.1. The summed E-state index contributed by atoms with van der Waals surface area (Å²) in [6.45, 7) is 0.138. The Balaban J connectivity index is 1.87. The molecular formula is C22H26N2O6S. The molecule has 0 radical (unpaired) electrons. The molecule has 1 aliphatic carbocycles. The highest BCUT2D eigenvalue weighted by molar-refractivity contribution is 7.19. The van der Waals surface area contributed by atoms with Crippen LogP contribution in [-0.4, -0.2) is 35.3 Å². The van der Waals surface area contributed by atoms with Crippen LogP contribution in [0.1, 0.15) is 48.5 Å². The van der Waals surface area contributed by atoms with Gasteiger partial charge in [0.05, 0.1) is 34.6 Å². The van der Waals surface area contributed by atoms with Crippen molar-refractivity contribution in [2.75, 3.05) is 20.3 Å².